The van der Waals surface area contributed by atoms with Crippen LogP contribution in [0.4, 0.5) is 0 Å². The molecular weight excluding hydrogens is 366 g/mol. The van der Waals surface area contributed by atoms with Gasteiger partial charge in [-0.25, -0.2) is 9.67 Å². The number of hydrogen-bond donors (Lipinski definition) is 0. The first-order valence-electron chi connectivity index (χ1n) is 8.77. The van der Waals surface area contributed by atoms with Gasteiger partial charge in [-0.05, 0) is 12.5 Å². The molecule has 4 heterocycles. The third-order valence-electron chi connectivity index (χ3n) is 4.42. The van der Waals surface area contributed by atoms with E-state index in [1.54, 1.807) is 28.5 Å². The molecule has 8 nitrogen and oxygen atoms in total. The van der Waals surface area contributed by atoms with Gasteiger partial charge in [0.2, 0.25) is 0 Å². The highest BCUT2D eigenvalue weighted by Crippen LogP contribution is 2.30. The van der Waals surface area contributed by atoms with E-state index in [1.807, 2.05) is 17.6 Å². The van der Waals surface area contributed by atoms with Gasteiger partial charge in [0.05, 0.1) is 43.5 Å². The number of aromatic nitrogens is 4. The molecule has 0 saturated carbocycles. The Morgan fingerprint density at radius 3 is 2.93 bits per heavy atom. The maximum Gasteiger partial charge on any atom is 0.169 e. The van der Waals surface area contributed by atoms with Crippen molar-refractivity contribution >= 4 is 11.3 Å². The first-order chi connectivity index (χ1) is 13.3. The summed E-state index contributed by atoms with van der Waals surface area (Å²) < 4.78 is 18.4. The van der Waals surface area contributed by atoms with Gasteiger partial charge in [0.15, 0.2) is 5.79 Å². The van der Waals surface area contributed by atoms with Crippen molar-refractivity contribution in [2.24, 2.45) is 0 Å². The van der Waals surface area contributed by atoms with Crippen molar-refractivity contribution in [2.45, 2.75) is 38.0 Å². The summed E-state index contributed by atoms with van der Waals surface area (Å²) in [4.78, 5) is 4.61. The minimum Gasteiger partial charge on any atom is -0.472 e. The zero-order chi connectivity index (χ0) is 18.5. The maximum absolute atomic E-state index is 8.83. The van der Waals surface area contributed by atoms with E-state index in [-0.39, 0.29) is 0 Å². The molecule has 0 bridgehead atoms. The van der Waals surface area contributed by atoms with Crippen molar-refractivity contribution < 1.29 is 13.9 Å². The summed E-state index contributed by atoms with van der Waals surface area (Å²) in [5.74, 6) is -0.659. The monoisotopic (exact) mass is 385 g/mol. The van der Waals surface area contributed by atoms with E-state index in [9.17, 15) is 0 Å². The number of thiazole rings is 1. The van der Waals surface area contributed by atoms with E-state index in [2.05, 4.69) is 21.4 Å². The maximum atomic E-state index is 8.83. The quantitative estimate of drug-likeness (QED) is 0.587. The third kappa shape index (κ3) is 4.24. The molecule has 9 heteroatoms. The Hall–Kier alpha value is -2.54. The summed E-state index contributed by atoms with van der Waals surface area (Å²) in [6.45, 7) is 1.70. The van der Waals surface area contributed by atoms with Gasteiger partial charge in [-0.15, -0.1) is 16.4 Å². The molecule has 4 rings (SSSR count). The molecule has 140 valence electrons. The highest BCUT2D eigenvalue weighted by Gasteiger charge is 2.35. The lowest BCUT2D eigenvalue weighted by molar-refractivity contribution is -0.165. The van der Waals surface area contributed by atoms with Crippen molar-refractivity contribution in [3.8, 4) is 16.6 Å². The fourth-order valence-electron chi connectivity index (χ4n) is 3.07. The third-order valence-corrected chi connectivity index (χ3v) is 5.36. The van der Waals surface area contributed by atoms with Gasteiger partial charge in [-0.2, -0.15) is 5.26 Å². The Morgan fingerprint density at radius 2 is 2.15 bits per heavy atom. The predicted octanol–water partition coefficient (Wildman–Crippen LogP) is 3.02. The molecule has 0 N–H and O–H groups in total. The van der Waals surface area contributed by atoms with Crippen LogP contribution in [0, 0.1) is 11.3 Å². The lowest BCUT2D eigenvalue weighted by Gasteiger charge is -2.26. The van der Waals surface area contributed by atoms with Gasteiger partial charge >= 0.3 is 0 Å². The summed E-state index contributed by atoms with van der Waals surface area (Å²) in [5, 5.41) is 20.2. The Morgan fingerprint density at radius 1 is 1.26 bits per heavy atom. The second-order valence-electron chi connectivity index (χ2n) is 6.33. The average Bonchev–Trinajstić information content (AvgIpc) is 3.46. The van der Waals surface area contributed by atoms with Gasteiger partial charge in [-0.1, -0.05) is 5.21 Å². The number of ether oxygens (including phenoxy) is 2. The van der Waals surface area contributed by atoms with E-state index in [0.717, 1.165) is 22.0 Å². The standard InChI is InChI=1S/C18H19N5O3S/c19-6-1-4-18(25-8-9-26-18)5-2-15-10-23(22-21-15)11-16-13-27-17(20-16)14-3-7-24-12-14/h3,7,10,12-13H,1-2,4-5,8-9,11H2. The summed E-state index contributed by atoms with van der Waals surface area (Å²) in [6, 6.07) is 4.05. The predicted molar refractivity (Wildman–Crippen MR) is 96.7 cm³/mol. The normalized spacial score (nSPS) is 15.8. The van der Waals surface area contributed by atoms with Crippen molar-refractivity contribution in [1.82, 2.24) is 20.0 Å². The van der Waals surface area contributed by atoms with Crippen molar-refractivity contribution in [3.63, 3.8) is 0 Å². The highest BCUT2D eigenvalue weighted by atomic mass is 32.1. The van der Waals surface area contributed by atoms with E-state index in [0.29, 0.717) is 45.4 Å². The van der Waals surface area contributed by atoms with Crippen LogP contribution in [-0.4, -0.2) is 39.0 Å². The van der Waals surface area contributed by atoms with Crippen LogP contribution in [0.5, 0.6) is 0 Å². The zero-order valence-electron chi connectivity index (χ0n) is 14.7. The first kappa shape index (κ1) is 17.9. The van der Waals surface area contributed by atoms with Crippen LogP contribution < -0.4 is 0 Å². The Kier molecular flexibility index (Phi) is 5.29. The molecule has 1 fully saturated rings. The molecule has 1 aliphatic rings. The van der Waals surface area contributed by atoms with E-state index >= 15 is 0 Å². The van der Waals surface area contributed by atoms with Crippen LogP contribution in [0.3, 0.4) is 0 Å². The van der Waals surface area contributed by atoms with Gasteiger partial charge < -0.3 is 13.9 Å². The minimum absolute atomic E-state index is 0.412. The number of nitriles is 1. The summed E-state index contributed by atoms with van der Waals surface area (Å²) in [7, 11) is 0. The Labute approximate surface area is 160 Å². The molecule has 0 aromatic carbocycles. The minimum atomic E-state index is -0.659. The van der Waals surface area contributed by atoms with Gasteiger partial charge in [-0.3, -0.25) is 0 Å². The number of furan rings is 1. The van der Waals surface area contributed by atoms with E-state index < -0.39 is 5.79 Å². The smallest absolute Gasteiger partial charge is 0.169 e. The molecular formula is C18H19N5O3S. The SMILES string of the molecule is N#CCCC1(CCc2cn(Cc3csc(-c4ccoc4)n3)nn2)OCCO1. The fraction of sp³-hybridized carbons (Fsp3) is 0.444. The number of rotatable bonds is 8. The van der Waals surface area contributed by atoms with E-state index in [1.165, 1.54) is 0 Å². The highest BCUT2D eigenvalue weighted by molar-refractivity contribution is 7.13. The molecule has 27 heavy (non-hydrogen) atoms. The van der Waals surface area contributed by atoms with Crippen LogP contribution in [-0.2, 0) is 22.4 Å². The lowest BCUT2D eigenvalue weighted by Crippen LogP contribution is -2.30. The fourth-order valence-corrected chi connectivity index (χ4v) is 3.87. The number of nitrogens with zero attached hydrogens (tertiary/aromatic N) is 5. The molecule has 0 unspecified atom stereocenters. The van der Waals surface area contributed by atoms with Crippen molar-refractivity contribution in [1.29, 1.82) is 5.26 Å². The van der Waals surface area contributed by atoms with Gasteiger partial charge in [0.1, 0.15) is 11.3 Å². The lowest BCUT2D eigenvalue weighted by atomic mass is 10.0. The summed E-state index contributed by atoms with van der Waals surface area (Å²) >= 11 is 1.58. The first-order valence-corrected chi connectivity index (χ1v) is 9.65. The number of hydrogen-bond acceptors (Lipinski definition) is 8. The molecule has 0 atom stereocenters. The largest absolute Gasteiger partial charge is 0.472 e. The van der Waals surface area contributed by atoms with Gasteiger partial charge in [0, 0.05) is 36.4 Å². The number of aryl methyl sites for hydroxylation is 1. The topological polar surface area (TPSA) is 99.0 Å². The average molecular weight is 385 g/mol. The van der Waals surface area contributed by atoms with Crippen molar-refractivity contribution in [2.75, 3.05) is 13.2 Å². The van der Waals surface area contributed by atoms with Crippen LogP contribution >= 0.6 is 11.3 Å². The Balaban J connectivity index is 1.35. The molecule has 0 amide bonds. The summed E-state index contributed by atoms with van der Waals surface area (Å²) in [5.41, 5.74) is 2.78. The van der Waals surface area contributed by atoms with Crippen LogP contribution in [0.25, 0.3) is 10.6 Å². The molecule has 1 aliphatic heterocycles. The van der Waals surface area contributed by atoms with Crippen LogP contribution in [0.2, 0.25) is 0 Å². The molecule has 0 radical (unpaired) electrons. The molecule has 3 aromatic heterocycles. The van der Waals surface area contributed by atoms with Crippen LogP contribution in [0.15, 0.2) is 34.6 Å². The van der Waals surface area contributed by atoms with E-state index in [4.69, 9.17) is 19.2 Å². The van der Waals surface area contributed by atoms with Crippen LogP contribution in [0.1, 0.15) is 30.7 Å². The molecule has 3 aromatic rings. The molecule has 0 spiro atoms. The Bertz CT molecular complexity index is 906. The second-order valence-corrected chi connectivity index (χ2v) is 7.19. The van der Waals surface area contributed by atoms with Gasteiger partial charge in [0.25, 0.3) is 0 Å². The zero-order valence-corrected chi connectivity index (χ0v) is 15.5. The second kappa shape index (κ2) is 8.00. The summed E-state index contributed by atoms with van der Waals surface area (Å²) in [6.07, 6.45) is 7.58. The molecule has 0 aliphatic carbocycles. The molecule has 1 saturated heterocycles. The van der Waals surface area contributed by atoms with Crippen molar-refractivity contribution in [3.05, 3.63) is 41.6 Å².